The van der Waals surface area contributed by atoms with E-state index in [2.05, 4.69) is 19.9 Å². The molecule has 0 saturated heterocycles. The number of hydrogen-bond acceptors (Lipinski definition) is 6. The van der Waals surface area contributed by atoms with E-state index in [1.54, 1.807) is 23.7 Å². The van der Waals surface area contributed by atoms with Gasteiger partial charge in [-0.05, 0) is 0 Å². The number of thiazole rings is 1. The van der Waals surface area contributed by atoms with E-state index in [4.69, 9.17) is 0 Å². The molecular formula is C6H6N4S2. The van der Waals surface area contributed by atoms with E-state index in [0.29, 0.717) is 0 Å². The van der Waals surface area contributed by atoms with Crippen LogP contribution in [-0.2, 0) is 6.54 Å². The van der Waals surface area contributed by atoms with Gasteiger partial charge in [-0.15, -0.1) is 16.4 Å². The Bertz CT molecular complexity index is 281. The van der Waals surface area contributed by atoms with Crippen LogP contribution < -0.4 is 5.32 Å². The molecule has 12 heavy (non-hydrogen) atoms. The Hall–Kier alpha value is -1.01. The van der Waals surface area contributed by atoms with E-state index in [1.807, 2.05) is 5.38 Å². The van der Waals surface area contributed by atoms with E-state index < -0.39 is 0 Å². The third kappa shape index (κ3) is 1.77. The first-order chi connectivity index (χ1) is 5.95. The number of rotatable bonds is 3. The molecule has 0 aliphatic heterocycles. The molecule has 0 unspecified atom stereocenters. The molecule has 2 aromatic heterocycles. The molecule has 0 atom stereocenters. The number of nitrogens with zero attached hydrogens (tertiary/aromatic N) is 3. The standard InChI is InChI=1S/C6H6N4S2/c1-2-11-5(7-1)3-8-6-4-9-10-12-6/h1-2,4,8H,3H2. The van der Waals surface area contributed by atoms with Gasteiger partial charge in [0.15, 0.2) is 0 Å². The molecule has 0 fully saturated rings. The van der Waals surface area contributed by atoms with Gasteiger partial charge < -0.3 is 5.32 Å². The van der Waals surface area contributed by atoms with Crippen molar-refractivity contribution in [3.63, 3.8) is 0 Å². The third-order valence-electron chi connectivity index (χ3n) is 1.26. The molecule has 0 spiro atoms. The van der Waals surface area contributed by atoms with Crippen LogP contribution in [0, 0.1) is 0 Å². The second-order valence-corrected chi connectivity index (χ2v) is 3.83. The fraction of sp³-hybridized carbons (Fsp3) is 0.167. The lowest BCUT2D eigenvalue weighted by Crippen LogP contribution is -1.95. The van der Waals surface area contributed by atoms with Crippen LogP contribution in [0.1, 0.15) is 5.01 Å². The maximum atomic E-state index is 4.14. The average Bonchev–Trinajstić information content (AvgIpc) is 2.74. The Balaban J connectivity index is 1.91. The highest BCUT2D eigenvalue weighted by molar-refractivity contribution is 7.10. The number of anilines is 1. The lowest BCUT2D eigenvalue weighted by Gasteiger charge is -1.96. The molecule has 0 aromatic carbocycles. The first kappa shape index (κ1) is 7.63. The zero-order valence-corrected chi connectivity index (χ0v) is 7.73. The lowest BCUT2D eigenvalue weighted by molar-refractivity contribution is 1.10. The molecule has 2 heterocycles. The summed E-state index contributed by atoms with van der Waals surface area (Å²) >= 11 is 2.98. The summed E-state index contributed by atoms with van der Waals surface area (Å²) in [5.41, 5.74) is 0. The highest BCUT2D eigenvalue weighted by atomic mass is 32.1. The molecule has 0 saturated carbocycles. The van der Waals surface area contributed by atoms with Crippen molar-refractivity contribution in [2.24, 2.45) is 0 Å². The van der Waals surface area contributed by atoms with Gasteiger partial charge >= 0.3 is 0 Å². The zero-order valence-electron chi connectivity index (χ0n) is 6.10. The molecule has 0 bridgehead atoms. The molecule has 6 heteroatoms. The van der Waals surface area contributed by atoms with Crippen molar-refractivity contribution in [3.8, 4) is 0 Å². The minimum atomic E-state index is 0.752. The van der Waals surface area contributed by atoms with Crippen LogP contribution in [0.3, 0.4) is 0 Å². The summed E-state index contributed by atoms with van der Waals surface area (Å²) in [6.45, 7) is 0.752. The van der Waals surface area contributed by atoms with Gasteiger partial charge in [0.05, 0.1) is 12.7 Å². The Morgan fingerprint density at radius 1 is 1.50 bits per heavy atom. The Morgan fingerprint density at radius 3 is 3.17 bits per heavy atom. The van der Waals surface area contributed by atoms with E-state index in [1.165, 1.54) is 11.5 Å². The van der Waals surface area contributed by atoms with Gasteiger partial charge in [0.1, 0.15) is 10.0 Å². The van der Waals surface area contributed by atoms with Crippen LogP contribution in [-0.4, -0.2) is 14.6 Å². The van der Waals surface area contributed by atoms with Crippen LogP contribution in [0.5, 0.6) is 0 Å². The Labute approximate surface area is 77.5 Å². The molecule has 0 amide bonds. The molecule has 0 radical (unpaired) electrons. The summed E-state index contributed by atoms with van der Waals surface area (Å²) in [5.74, 6) is 0. The summed E-state index contributed by atoms with van der Waals surface area (Å²) in [6, 6.07) is 0. The molecule has 1 N–H and O–H groups in total. The van der Waals surface area contributed by atoms with Crippen LogP contribution in [0.2, 0.25) is 0 Å². The molecule has 2 aromatic rings. The molecule has 2 rings (SSSR count). The first-order valence-electron chi connectivity index (χ1n) is 3.35. The van der Waals surface area contributed by atoms with Gasteiger partial charge in [-0.1, -0.05) is 4.49 Å². The van der Waals surface area contributed by atoms with Crippen molar-refractivity contribution < 1.29 is 0 Å². The van der Waals surface area contributed by atoms with Gasteiger partial charge in [-0.25, -0.2) is 4.98 Å². The van der Waals surface area contributed by atoms with Crippen molar-refractivity contribution in [1.29, 1.82) is 0 Å². The van der Waals surface area contributed by atoms with Crippen LogP contribution in [0.4, 0.5) is 5.00 Å². The predicted molar refractivity (Wildman–Crippen MR) is 49.3 cm³/mol. The summed E-state index contributed by atoms with van der Waals surface area (Å²) in [6.07, 6.45) is 3.50. The van der Waals surface area contributed by atoms with Gasteiger partial charge in [-0.3, -0.25) is 0 Å². The predicted octanol–water partition coefficient (Wildman–Crippen LogP) is 1.61. The van der Waals surface area contributed by atoms with Gasteiger partial charge in [0, 0.05) is 23.1 Å². The fourth-order valence-corrected chi connectivity index (χ4v) is 1.72. The molecule has 0 aliphatic rings. The SMILES string of the molecule is c1csc(CNc2cnns2)n1. The topological polar surface area (TPSA) is 50.7 Å². The van der Waals surface area contributed by atoms with Crippen molar-refractivity contribution in [1.82, 2.24) is 14.6 Å². The normalized spacial score (nSPS) is 10.0. The molecule has 0 aliphatic carbocycles. The smallest absolute Gasteiger partial charge is 0.130 e. The van der Waals surface area contributed by atoms with Gasteiger partial charge in [0.25, 0.3) is 0 Å². The zero-order chi connectivity index (χ0) is 8.23. The monoisotopic (exact) mass is 198 g/mol. The Morgan fingerprint density at radius 2 is 2.50 bits per heavy atom. The molecule has 4 nitrogen and oxygen atoms in total. The van der Waals surface area contributed by atoms with Crippen LogP contribution >= 0.6 is 22.9 Å². The number of hydrogen-bond donors (Lipinski definition) is 1. The van der Waals surface area contributed by atoms with Crippen LogP contribution in [0.25, 0.3) is 0 Å². The second-order valence-electron chi connectivity index (χ2n) is 2.06. The van der Waals surface area contributed by atoms with Crippen molar-refractivity contribution in [3.05, 3.63) is 22.8 Å². The summed E-state index contributed by atoms with van der Waals surface area (Å²) < 4.78 is 3.73. The molecular weight excluding hydrogens is 192 g/mol. The average molecular weight is 198 g/mol. The fourth-order valence-electron chi connectivity index (χ4n) is 0.748. The molecule has 62 valence electrons. The lowest BCUT2D eigenvalue weighted by atomic mass is 10.6. The number of nitrogens with one attached hydrogen (secondary N) is 1. The second kappa shape index (κ2) is 3.59. The summed E-state index contributed by atoms with van der Waals surface area (Å²) in [4.78, 5) is 4.14. The van der Waals surface area contributed by atoms with Gasteiger partial charge in [-0.2, -0.15) is 0 Å². The van der Waals surface area contributed by atoms with Gasteiger partial charge in [0.2, 0.25) is 0 Å². The van der Waals surface area contributed by atoms with E-state index in [0.717, 1.165) is 16.6 Å². The van der Waals surface area contributed by atoms with E-state index >= 15 is 0 Å². The highest BCUT2D eigenvalue weighted by Crippen LogP contribution is 2.12. The minimum Gasteiger partial charge on any atom is -0.368 e. The van der Waals surface area contributed by atoms with Crippen molar-refractivity contribution in [2.75, 3.05) is 5.32 Å². The van der Waals surface area contributed by atoms with Crippen LogP contribution in [0.15, 0.2) is 17.8 Å². The number of aromatic nitrogens is 3. The van der Waals surface area contributed by atoms with Crippen molar-refractivity contribution in [2.45, 2.75) is 6.54 Å². The largest absolute Gasteiger partial charge is 0.368 e. The Kier molecular flexibility index (Phi) is 2.28. The third-order valence-corrected chi connectivity index (χ3v) is 2.66. The van der Waals surface area contributed by atoms with E-state index in [-0.39, 0.29) is 0 Å². The summed E-state index contributed by atoms with van der Waals surface area (Å²) in [7, 11) is 0. The minimum absolute atomic E-state index is 0.752. The van der Waals surface area contributed by atoms with Crippen molar-refractivity contribution >= 4 is 27.9 Å². The maximum absolute atomic E-state index is 4.14. The highest BCUT2D eigenvalue weighted by Gasteiger charge is 1.96. The van der Waals surface area contributed by atoms with E-state index in [9.17, 15) is 0 Å². The summed E-state index contributed by atoms with van der Waals surface area (Å²) in [5, 5.41) is 10.9. The maximum Gasteiger partial charge on any atom is 0.130 e. The first-order valence-corrected chi connectivity index (χ1v) is 5.00. The quantitative estimate of drug-likeness (QED) is 0.814.